The molecule has 0 aliphatic carbocycles. The van der Waals surface area contributed by atoms with Crippen molar-refractivity contribution < 1.29 is 9.21 Å². The monoisotopic (exact) mass is 357 g/mol. The number of nitrogens with one attached hydrogen (secondary N) is 2. The Morgan fingerprint density at radius 1 is 1.40 bits per heavy atom. The smallest absolute Gasteiger partial charge is 0.248 e. The average Bonchev–Trinajstić information content (AvgIpc) is 3.42. The van der Waals surface area contributed by atoms with Crippen LogP contribution in [-0.2, 0) is 16.9 Å². The lowest BCUT2D eigenvalue weighted by Crippen LogP contribution is -2.54. The zero-order valence-electron chi connectivity index (χ0n) is 13.6. The molecule has 2 N–H and O–H groups in total. The molecule has 1 fully saturated rings. The molecule has 4 heterocycles. The Kier molecular flexibility index (Phi) is 4.37. The van der Waals surface area contributed by atoms with Gasteiger partial charge in [0.2, 0.25) is 11.8 Å². The van der Waals surface area contributed by atoms with E-state index in [-0.39, 0.29) is 5.91 Å². The number of nitrogens with zero attached hydrogens (tertiary/aromatic N) is 3. The van der Waals surface area contributed by atoms with Gasteiger partial charge in [-0.05, 0) is 43.4 Å². The van der Waals surface area contributed by atoms with Gasteiger partial charge in [0.15, 0.2) is 0 Å². The molecular formula is C17H19N5O2S. The highest BCUT2D eigenvalue weighted by molar-refractivity contribution is 7.13. The Morgan fingerprint density at radius 2 is 2.28 bits per heavy atom. The van der Waals surface area contributed by atoms with Crippen LogP contribution in [0.25, 0.3) is 10.8 Å². The van der Waals surface area contributed by atoms with Crippen LogP contribution in [0.3, 0.4) is 0 Å². The molecule has 25 heavy (non-hydrogen) atoms. The van der Waals surface area contributed by atoms with E-state index in [2.05, 4.69) is 20.7 Å². The molecule has 1 aliphatic heterocycles. The predicted octanol–water partition coefficient (Wildman–Crippen LogP) is 1.99. The highest BCUT2D eigenvalue weighted by atomic mass is 32.1. The third-order valence-corrected chi connectivity index (χ3v) is 5.37. The van der Waals surface area contributed by atoms with E-state index in [9.17, 15) is 4.79 Å². The predicted molar refractivity (Wildman–Crippen MR) is 94.0 cm³/mol. The quantitative estimate of drug-likeness (QED) is 0.729. The van der Waals surface area contributed by atoms with Gasteiger partial charge >= 0.3 is 0 Å². The standard InChI is InChI=1S/C17H19N5O2S/c23-16(17(4-7-18-8-5-17)22-9-2-6-20-22)19-11-13-12-24-15(21-13)14-3-1-10-25-14/h1-3,6,9-10,12,18H,4-5,7-8,11H2,(H,19,23). The second kappa shape index (κ2) is 6.81. The maximum Gasteiger partial charge on any atom is 0.248 e. The SMILES string of the molecule is O=C(NCc1coc(-c2cccs2)n1)C1(n2cccn2)CCNCC1. The summed E-state index contributed by atoms with van der Waals surface area (Å²) in [5, 5.41) is 12.6. The Bertz CT molecular complexity index is 819. The van der Waals surface area contributed by atoms with Gasteiger partial charge in [-0.2, -0.15) is 5.10 Å². The molecule has 1 saturated heterocycles. The van der Waals surface area contributed by atoms with Crippen LogP contribution in [0.5, 0.6) is 0 Å². The molecule has 0 saturated carbocycles. The van der Waals surface area contributed by atoms with E-state index in [0.717, 1.165) is 18.0 Å². The summed E-state index contributed by atoms with van der Waals surface area (Å²) >= 11 is 1.57. The van der Waals surface area contributed by atoms with Crippen molar-refractivity contribution in [1.82, 2.24) is 25.4 Å². The number of rotatable bonds is 5. The fraction of sp³-hybridized carbons (Fsp3) is 0.353. The molecule has 7 nitrogen and oxygen atoms in total. The number of aromatic nitrogens is 3. The van der Waals surface area contributed by atoms with E-state index in [4.69, 9.17) is 4.42 Å². The van der Waals surface area contributed by atoms with E-state index < -0.39 is 5.54 Å². The fourth-order valence-corrected chi connectivity index (χ4v) is 3.81. The van der Waals surface area contributed by atoms with Gasteiger partial charge in [0.05, 0.1) is 17.1 Å². The van der Waals surface area contributed by atoms with Crippen LogP contribution < -0.4 is 10.6 Å². The van der Waals surface area contributed by atoms with E-state index in [1.165, 1.54) is 0 Å². The van der Waals surface area contributed by atoms with Crippen molar-refractivity contribution >= 4 is 17.2 Å². The number of thiophene rings is 1. The molecule has 3 aromatic rings. The second-order valence-electron chi connectivity index (χ2n) is 6.04. The molecule has 0 spiro atoms. The summed E-state index contributed by atoms with van der Waals surface area (Å²) in [6.45, 7) is 1.92. The number of carbonyl (C=O) groups is 1. The third-order valence-electron chi connectivity index (χ3n) is 4.51. The summed E-state index contributed by atoms with van der Waals surface area (Å²) in [5.41, 5.74) is 0.0658. The molecule has 0 atom stereocenters. The average molecular weight is 357 g/mol. The summed E-state index contributed by atoms with van der Waals surface area (Å²) in [5.74, 6) is 0.557. The van der Waals surface area contributed by atoms with Crippen molar-refractivity contribution in [1.29, 1.82) is 0 Å². The van der Waals surface area contributed by atoms with Crippen molar-refractivity contribution in [2.75, 3.05) is 13.1 Å². The first-order valence-corrected chi connectivity index (χ1v) is 9.13. The number of hydrogen-bond acceptors (Lipinski definition) is 6. The lowest BCUT2D eigenvalue weighted by atomic mass is 9.87. The van der Waals surface area contributed by atoms with Gasteiger partial charge in [-0.25, -0.2) is 4.98 Å². The van der Waals surface area contributed by atoms with E-state index in [1.807, 2.05) is 29.8 Å². The molecule has 130 valence electrons. The van der Waals surface area contributed by atoms with Gasteiger partial charge in [-0.3, -0.25) is 9.48 Å². The van der Waals surface area contributed by atoms with Crippen LogP contribution in [-0.4, -0.2) is 33.8 Å². The molecule has 3 aromatic heterocycles. The molecule has 0 unspecified atom stereocenters. The van der Waals surface area contributed by atoms with Gasteiger partial charge < -0.3 is 15.1 Å². The Morgan fingerprint density at radius 3 is 3.00 bits per heavy atom. The van der Waals surface area contributed by atoms with Crippen LogP contribution in [0.2, 0.25) is 0 Å². The highest BCUT2D eigenvalue weighted by Crippen LogP contribution is 2.27. The van der Waals surface area contributed by atoms with Gasteiger partial charge in [-0.1, -0.05) is 6.07 Å². The molecule has 0 aromatic carbocycles. The second-order valence-corrected chi connectivity index (χ2v) is 6.98. The van der Waals surface area contributed by atoms with Crippen LogP contribution >= 0.6 is 11.3 Å². The van der Waals surface area contributed by atoms with Gasteiger partial charge in [-0.15, -0.1) is 11.3 Å². The normalized spacial score (nSPS) is 16.6. The summed E-state index contributed by atoms with van der Waals surface area (Å²) in [7, 11) is 0. The van der Waals surface area contributed by atoms with E-state index in [0.29, 0.717) is 31.0 Å². The number of hydrogen-bond donors (Lipinski definition) is 2. The summed E-state index contributed by atoms with van der Waals surface area (Å²) < 4.78 is 7.29. The largest absolute Gasteiger partial charge is 0.443 e. The van der Waals surface area contributed by atoms with Crippen LogP contribution in [0.4, 0.5) is 0 Å². The zero-order chi connectivity index (χ0) is 17.1. The lowest BCUT2D eigenvalue weighted by Gasteiger charge is -2.36. The van der Waals surface area contributed by atoms with E-state index in [1.54, 1.807) is 28.5 Å². The molecule has 4 rings (SSSR count). The maximum absolute atomic E-state index is 13.0. The molecule has 8 heteroatoms. The number of carbonyl (C=O) groups excluding carboxylic acids is 1. The van der Waals surface area contributed by atoms with Gasteiger partial charge in [0.1, 0.15) is 11.8 Å². The maximum atomic E-state index is 13.0. The molecule has 0 radical (unpaired) electrons. The van der Waals surface area contributed by atoms with Crippen molar-refractivity contribution in [3.05, 3.63) is 47.9 Å². The third kappa shape index (κ3) is 3.10. The topological polar surface area (TPSA) is 85.0 Å². The minimum absolute atomic E-state index is 0.0293. The molecule has 1 amide bonds. The molecule has 0 bridgehead atoms. The summed E-state index contributed by atoms with van der Waals surface area (Å²) in [6, 6.07) is 5.76. The van der Waals surface area contributed by atoms with Crippen LogP contribution in [0.1, 0.15) is 18.5 Å². The zero-order valence-corrected chi connectivity index (χ0v) is 14.5. The highest BCUT2D eigenvalue weighted by Gasteiger charge is 2.41. The Hall–Kier alpha value is -2.45. The van der Waals surface area contributed by atoms with Crippen molar-refractivity contribution in [2.45, 2.75) is 24.9 Å². The first kappa shape index (κ1) is 16.0. The van der Waals surface area contributed by atoms with Gasteiger partial charge in [0, 0.05) is 12.4 Å². The minimum Gasteiger partial charge on any atom is -0.443 e. The number of amides is 1. The Labute approximate surface area is 149 Å². The summed E-state index contributed by atoms with van der Waals surface area (Å²) in [4.78, 5) is 18.4. The van der Waals surface area contributed by atoms with Crippen molar-refractivity contribution in [3.8, 4) is 10.8 Å². The fourth-order valence-electron chi connectivity index (χ4n) is 3.16. The Balaban J connectivity index is 1.47. The number of piperidine rings is 1. The van der Waals surface area contributed by atoms with Gasteiger partial charge in [0.25, 0.3) is 0 Å². The first-order valence-electron chi connectivity index (χ1n) is 8.25. The number of oxazole rings is 1. The van der Waals surface area contributed by atoms with Crippen molar-refractivity contribution in [3.63, 3.8) is 0 Å². The minimum atomic E-state index is -0.644. The molecular weight excluding hydrogens is 338 g/mol. The first-order chi connectivity index (χ1) is 12.3. The van der Waals surface area contributed by atoms with E-state index >= 15 is 0 Å². The van der Waals surface area contributed by atoms with Crippen LogP contribution in [0.15, 0.2) is 46.7 Å². The van der Waals surface area contributed by atoms with Crippen molar-refractivity contribution in [2.24, 2.45) is 0 Å². The summed E-state index contributed by atoms with van der Waals surface area (Å²) in [6.07, 6.45) is 6.58. The molecule has 1 aliphatic rings. The van der Waals surface area contributed by atoms with Crippen LogP contribution in [0, 0.1) is 0 Å². The lowest BCUT2D eigenvalue weighted by molar-refractivity contribution is -0.132.